The lowest BCUT2D eigenvalue weighted by molar-refractivity contribution is -0.122. The molecular formula is C16H24N2O3. The van der Waals surface area contributed by atoms with Crippen LogP contribution in [0.15, 0.2) is 18.2 Å². The summed E-state index contributed by atoms with van der Waals surface area (Å²) < 4.78 is 10.7. The Labute approximate surface area is 126 Å². The molecule has 0 aromatic heterocycles. The Bertz CT molecular complexity index is 500. The summed E-state index contributed by atoms with van der Waals surface area (Å²) in [7, 11) is 4.01. The van der Waals surface area contributed by atoms with Crippen LogP contribution in [0, 0.1) is 5.92 Å². The fourth-order valence-corrected chi connectivity index (χ4v) is 2.37. The van der Waals surface area contributed by atoms with Gasteiger partial charge in [-0.2, -0.15) is 0 Å². The molecule has 0 aliphatic carbocycles. The fourth-order valence-electron chi connectivity index (χ4n) is 2.37. The monoisotopic (exact) mass is 292 g/mol. The van der Waals surface area contributed by atoms with Gasteiger partial charge in [0.25, 0.3) is 0 Å². The highest BCUT2D eigenvalue weighted by atomic mass is 16.7. The van der Waals surface area contributed by atoms with Crippen molar-refractivity contribution in [1.29, 1.82) is 0 Å². The molecule has 5 nitrogen and oxygen atoms in total. The highest BCUT2D eigenvalue weighted by Crippen LogP contribution is 2.34. The highest BCUT2D eigenvalue weighted by Gasteiger charge is 2.20. The summed E-state index contributed by atoms with van der Waals surface area (Å²) in [5, 5.41) is 3.01. The minimum absolute atomic E-state index is 0.0950. The van der Waals surface area contributed by atoms with E-state index in [0.717, 1.165) is 17.1 Å². The van der Waals surface area contributed by atoms with Gasteiger partial charge in [0, 0.05) is 13.0 Å². The number of nitrogens with one attached hydrogen (secondary N) is 1. The van der Waals surface area contributed by atoms with Crippen LogP contribution in [0.2, 0.25) is 0 Å². The Morgan fingerprint density at radius 2 is 2.00 bits per heavy atom. The smallest absolute Gasteiger partial charge is 0.231 e. The van der Waals surface area contributed by atoms with Gasteiger partial charge >= 0.3 is 0 Å². The van der Waals surface area contributed by atoms with E-state index >= 15 is 0 Å². The Morgan fingerprint density at radius 1 is 1.29 bits per heavy atom. The summed E-state index contributed by atoms with van der Waals surface area (Å²) in [5.74, 6) is 2.01. The van der Waals surface area contributed by atoms with Crippen molar-refractivity contribution in [1.82, 2.24) is 10.2 Å². The zero-order chi connectivity index (χ0) is 15.4. The van der Waals surface area contributed by atoms with Crippen LogP contribution in [0.3, 0.4) is 0 Å². The largest absolute Gasteiger partial charge is 0.454 e. The molecule has 0 bridgehead atoms. The molecule has 0 saturated heterocycles. The Hall–Kier alpha value is -1.75. The Kier molecular flexibility index (Phi) is 5.07. The van der Waals surface area contributed by atoms with Gasteiger partial charge in [0.15, 0.2) is 11.5 Å². The first-order valence-corrected chi connectivity index (χ1v) is 7.30. The first-order valence-electron chi connectivity index (χ1n) is 7.30. The van der Waals surface area contributed by atoms with Gasteiger partial charge in [-0.25, -0.2) is 0 Å². The number of rotatable bonds is 6. The molecule has 1 amide bonds. The van der Waals surface area contributed by atoms with Crippen molar-refractivity contribution in [2.45, 2.75) is 26.3 Å². The molecule has 2 rings (SSSR count). The maximum absolute atomic E-state index is 11.8. The number of amides is 1. The molecular weight excluding hydrogens is 268 g/mol. The van der Waals surface area contributed by atoms with Crippen LogP contribution in [0.1, 0.15) is 31.9 Å². The van der Waals surface area contributed by atoms with E-state index in [-0.39, 0.29) is 18.7 Å². The van der Waals surface area contributed by atoms with E-state index in [2.05, 4.69) is 10.2 Å². The van der Waals surface area contributed by atoms with Crippen molar-refractivity contribution in [3.05, 3.63) is 23.8 Å². The number of ether oxygens (including phenoxy) is 2. The minimum atomic E-state index is 0.0950. The molecule has 0 spiro atoms. The van der Waals surface area contributed by atoms with Crippen LogP contribution in [0.4, 0.5) is 0 Å². The summed E-state index contributed by atoms with van der Waals surface area (Å²) in [4.78, 5) is 13.9. The number of carbonyl (C=O) groups excluding carboxylic acids is 1. The minimum Gasteiger partial charge on any atom is -0.454 e. The molecule has 116 valence electrons. The average molecular weight is 292 g/mol. The number of carbonyl (C=O) groups is 1. The van der Waals surface area contributed by atoms with Crippen molar-refractivity contribution < 1.29 is 14.3 Å². The van der Waals surface area contributed by atoms with Crippen LogP contribution in [0.25, 0.3) is 0 Å². The zero-order valence-electron chi connectivity index (χ0n) is 13.2. The maximum atomic E-state index is 11.8. The predicted octanol–water partition coefficient (Wildman–Crippen LogP) is 2.18. The average Bonchev–Trinajstić information content (AvgIpc) is 2.85. The van der Waals surface area contributed by atoms with Gasteiger partial charge < -0.3 is 19.7 Å². The van der Waals surface area contributed by atoms with Crippen molar-refractivity contribution in [2.24, 2.45) is 5.92 Å². The van der Waals surface area contributed by atoms with Crippen LogP contribution in [0.5, 0.6) is 11.5 Å². The lowest BCUT2D eigenvalue weighted by Crippen LogP contribution is -2.34. The summed E-state index contributed by atoms with van der Waals surface area (Å²) in [5.41, 5.74) is 1.11. The van der Waals surface area contributed by atoms with Crippen LogP contribution in [-0.2, 0) is 4.79 Å². The van der Waals surface area contributed by atoms with Gasteiger partial charge in [-0.1, -0.05) is 19.9 Å². The van der Waals surface area contributed by atoms with Gasteiger partial charge in [-0.05, 0) is 37.7 Å². The van der Waals surface area contributed by atoms with Gasteiger partial charge in [0.05, 0.1) is 6.04 Å². The number of fused-ring (bicyclic) bond motifs is 1. The first-order chi connectivity index (χ1) is 9.97. The Balaban J connectivity index is 2.03. The molecule has 0 fully saturated rings. The van der Waals surface area contributed by atoms with Crippen molar-refractivity contribution in [2.75, 3.05) is 27.4 Å². The molecule has 5 heteroatoms. The highest BCUT2D eigenvalue weighted by molar-refractivity contribution is 5.76. The van der Waals surface area contributed by atoms with E-state index < -0.39 is 0 Å². The fraction of sp³-hybridized carbons (Fsp3) is 0.562. The van der Waals surface area contributed by atoms with Crippen molar-refractivity contribution in [3.63, 3.8) is 0 Å². The zero-order valence-corrected chi connectivity index (χ0v) is 13.2. The lowest BCUT2D eigenvalue weighted by Gasteiger charge is -2.25. The van der Waals surface area contributed by atoms with Gasteiger partial charge in [0.1, 0.15) is 0 Å². The van der Waals surface area contributed by atoms with Crippen LogP contribution in [-0.4, -0.2) is 38.2 Å². The number of benzene rings is 1. The summed E-state index contributed by atoms with van der Waals surface area (Å²) in [6, 6.07) is 6.04. The summed E-state index contributed by atoms with van der Waals surface area (Å²) in [6.07, 6.45) is 0.557. The molecule has 0 radical (unpaired) electrons. The molecule has 1 aliphatic rings. The second-order valence-corrected chi connectivity index (χ2v) is 5.99. The van der Waals surface area contributed by atoms with E-state index in [1.54, 1.807) is 0 Å². The Morgan fingerprint density at radius 3 is 2.67 bits per heavy atom. The first kappa shape index (κ1) is 15.6. The van der Waals surface area contributed by atoms with E-state index in [9.17, 15) is 4.79 Å². The molecule has 21 heavy (non-hydrogen) atoms. The maximum Gasteiger partial charge on any atom is 0.231 e. The molecule has 0 saturated carbocycles. The molecule has 1 aliphatic heterocycles. The van der Waals surface area contributed by atoms with E-state index in [4.69, 9.17) is 9.47 Å². The number of hydrogen-bond acceptors (Lipinski definition) is 4. The lowest BCUT2D eigenvalue weighted by atomic mass is 10.0. The van der Waals surface area contributed by atoms with Crippen molar-refractivity contribution >= 4 is 5.91 Å². The van der Waals surface area contributed by atoms with E-state index in [1.807, 2.05) is 46.1 Å². The van der Waals surface area contributed by atoms with Gasteiger partial charge in [-0.15, -0.1) is 0 Å². The van der Waals surface area contributed by atoms with Gasteiger partial charge in [-0.3, -0.25) is 4.79 Å². The number of hydrogen-bond donors (Lipinski definition) is 1. The second kappa shape index (κ2) is 6.80. The molecule has 1 unspecified atom stereocenters. The number of nitrogens with zero attached hydrogens (tertiary/aromatic N) is 1. The summed E-state index contributed by atoms with van der Waals surface area (Å²) in [6.45, 7) is 4.94. The topological polar surface area (TPSA) is 50.8 Å². The van der Waals surface area contributed by atoms with Gasteiger partial charge in [0.2, 0.25) is 12.7 Å². The SMILES string of the molecule is CC(C)CC(=O)NCC(c1ccc2c(c1)OCO2)N(C)C. The van der Waals surface area contributed by atoms with Crippen LogP contribution < -0.4 is 14.8 Å². The standard InChI is InChI=1S/C16H24N2O3/c1-11(2)7-16(19)17-9-13(18(3)4)12-5-6-14-15(8-12)21-10-20-14/h5-6,8,11,13H,7,9-10H2,1-4H3,(H,17,19). The third kappa shape index (κ3) is 4.11. The molecule has 1 aromatic carbocycles. The van der Waals surface area contributed by atoms with E-state index in [0.29, 0.717) is 18.9 Å². The summed E-state index contributed by atoms with van der Waals surface area (Å²) >= 11 is 0. The van der Waals surface area contributed by atoms with Crippen molar-refractivity contribution in [3.8, 4) is 11.5 Å². The number of likely N-dealkylation sites (N-methyl/N-ethyl adjacent to an activating group) is 1. The quantitative estimate of drug-likeness (QED) is 0.873. The third-order valence-corrected chi connectivity index (χ3v) is 3.49. The molecule has 1 atom stereocenters. The molecule has 1 aromatic rings. The predicted molar refractivity (Wildman–Crippen MR) is 81.5 cm³/mol. The third-order valence-electron chi connectivity index (χ3n) is 3.49. The second-order valence-electron chi connectivity index (χ2n) is 5.99. The molecule has 1 N–H and O–H groups in total. The van der Waals surface area contributed by atoms with E-state index in [1.165, 1.54) is 0 Å². The normalized spacial score (nSPS) is 14.6. The molecule has 1 heterocycles. The van der Waals surface area contributed by atoms with Crippen LogP contribution >= 0.6 is 0 Å².